The summed E-state index contributed by atoms with van der Waals surface area (Å²) in [6, 6.07) is 7.37. The largest absolute Gasteiger partial charge is 0.361 e. The first kappa shape index (κ1) is 15.7. The minimum absolute atomic E-state index is 0.165. The van der Waals surface area contributed by atoms with Crippen LogP contribution in [0.4, 0.5) is 0 Å². The molecular weight excluding hydrogens is 286 g/mol. The molecule has 0 saturated heterocycles. The smallest absolute Gasteiger partial charge is 0.237 e. The van der Waals surface area contributed by atoms with E-state index in [1.54, 1.807) is 6.26 Å². The third kappa shape index (κ3) is 4.41. The fourth-order valence-corrected chi connectivity index (χ4v) is 2.80. The number of carbonyl (C=O) groups is 1. The maximum Gasteiger partial charge on any atom is 0.237 e. The van der Waals surface area contributed by atoms with Crippen molar-refractivity contribution in [3.05, 3.63) is 36.0 Å². The number of hydrogen-bond acceptors (Lipinski definition) is 3. The summed E-state index contributed by atoms with van der Waals surface area (Å²) < 4.78 is 10.9. The molecule has 0 radical (unpaired) electrons. The molecule has 6 heteroatoms. The van der Waals surface area contributed by atoms with E-state index in [4.69, 9.17) is 5.73 Å². The van der Waals surface area contributed by atoms with Gasteiger partial charge in [-0.05, 0) is 24.5 Å². The van der Waals surface area contributed by atoms with Gasteiger partial charge in [-0.2, -0.15) is 0 Å². The zero-order valence-corrected chi connectivity index (χ0v) is 12.9. The highest BCUT2D eigenvalue weighted by Crippen LogP contribution is 2.18. The van der Waals surface area contributed by atoms with Crippen molar-refractivity contribution in [1.29, 1.82) is 0 Å². The summed E-state index contributed by atoms with van der Waals surface area (Å²) in [5.74, 6) is 0.431. The van der Waals surface area contributed by atoms with Gasteiger partial charge in [-0.25, -0.2) is 0 Å². The van der Waals surface area contributed by atoms with Gasteiger partial charge in [-0.1, -0.05) is 18.2 Å². The second-order valence-electron chi connectivity index (χ2n) is 5.09. The van der Waals surface area contributed by atoms with E-state index >= 15 is 0 Å². The van der Waals surface area contributed by atoms with Crippen LogP contribution in [0.5, 0.6) is 0 Å². The van der Waals surface area contributed by atoms with Gasteiger partial charge >= 0.3 is 0 Å². The van der Waals surface area contributed by atoms with Crippen LogP contribution in [0.3, 0.4) is 0 Å². The van der Waals surface area contributed by atoms with Crippen LogP contribution in [-0.4, -0.2) is 39.7 Å². The highest BCUT2D eigenvalue weighted by molar-refractivity contribution is 7.84. The summed E-state index contributed by atoms with van der Waals surface area (Å²) in [4.78, 5) is 15.1. The average molecular weight is 307 g/mol. The number of carbonyl (C=O) groups excluding carboxylic acids is 1. The highest BCUT2D eigenvalue weighted by Gasteiger charge is 2.15. The monoisotopic (exact) mass is 307 g/mol. The molecule has 0 aliphatic heterocycles. The maximum absolute atomic E-state index is 11.9. The lowest BCUT2D eigenvalue weighted by molar-refractivity contribution is -0.122. The van der Waals surface area contributed by atoms with E-state index in [0.717, 1.165) is 16.5 Å². The van der Waals surface area contributed by atoms with Crippen LogP contribution in [0.25, 0.3) is 10.9 Å². The molecule has 2 rings (SSSR count). The minimum atomic E-state index is -0.819. The Morgan fingerprint density at radius 2 is 2.19 bits per heavy atom. The minimum Gasteiger partial charge on any atom is -0.361 e. The molecule has 2 aromatic rings. The number of para-hydroxylation sites is 1. The van der Waals surface area contributed by atoms with Gasteiger partial charge in [0.25, 0.3) is 0 Å². The lowest BCUT2D eigenvalue weighted by Gasteiger charge is -2.11. The summed E-state index contributed by atoms with van der Waals surface area (Å²) >= 11 is 0. The van der Waals surface area contributed by atoms with E-state index < -0.39 is 16.8 Å². The van der Waals surface area contributed by atoms with E-state index in [9.17, 15) is 9.00 Å². The Bertz CT molecular complexity index is 639. The molecule has 0 spiro atoms. The molecule has 4 N–H and O–H groups in total. The first-order chi connectivity index (χ1) is 10.1. The molecule has 0 saturated carbocycles. The predicted octanol–water partition coefficient (Wildman–Crippen LogP) is 0.923. The van der Waals surface area contributed by atoms with Crippen molar-refractivity contribution in [3.63, 3.8) is 0 Å². The molecule has 0 bridgehead atoms. The number of H-pyrrole nitrogens is 1. The van der Waals surface area contributed by atoms with Gasteiger partial charge in [-0.15, -0.1) is 0 Å². The lowest BCUT2D eigenvalue weighted by atomic mass is 10.1. The van der Waals surface area contributed by atoms with E-state index in [0.29, 0.717) is 25.1 Å². The van der Waals surface area contributed by atoms with Crippen LogP contribution in [0, 0.1) is 0 Å². The van der Waals surface area contributed by atoms with Crippen LogP contribution in [0.2, 0.25) is 0 Å². The number of aromatic nitrogens is 1. The van der Waals surface area contributed by atoms with Crippen molar-refractivity contribution >= 4 is 27.6 Å². The van der Waals surface area contributed by atoms with Crippen molar-refractivity contribution in [2.75, 3.05) is 18.6 Å². The molecule has 1 heterocycles. The quantitative estimate of drug-likeness (QED) is 0.665. The van der Waals surface area contributed by atoms with Crippen molar-refractivity contribution < 1.29 is 9.00 Å². The number of rotatable bonds is 7. The molecule has 0 fully saturated rings. The predicted molar refractivity (Wildman–Crippen MR) is 86.5 cm³/mol. The van der Waals surface area contributed by atoms with Gasteiger partial charge in [0.2, 0.25) is 5.91 Å². The Balaban J connectivity index is 1.87. The Hall–Kier alpha value is -1.66. The number of nitrogens with two attached hydrogens (primary N) is 1. The fourth-order valence-electron chi connectivity index (χ4n) is 2.25. The Labute approximate surface area is 126 Å². The molecule has 1 aromatic carbocycles. The van der Waals surface area contributed by atoms with Crippen LogP contribution in [-0.2, 0) is 22.0 Å². The van der Waals surface area contributed by atoms with Gasteiger partial charge in [-0.3, -0.25) is 9.00 Å². The third-order valence-electron chi connectivity index (χ3n) is 3.36. The zero-order chi connectivity index (χ0) is 15.2. The summed E-state index contributed by atoms with van der Waals surface area (Å²) in [6.07, 6.45) is 4.76. The fraction of sp³-hybridized carbons (Fsp3) is 0.400. The molecule has 0 aliphatic rings. The number of hydrogen-bond donors (Lipinski definition) is 3. The lowest BCUT2D eigenvalue weighted by Crippen LogP contribution is -2.42. The van der Waals surface area contributed by atoms with Gasteiger partial charge in [0.05, 0.1) is 6.04 Å². The first-order valence-corrected chi connectivity index (χ1v) is 8.69. The normalized spacial score (nSPS) is 14.0. The number of aromatic amines is 1. The molecule has 21 heavy (non-hydrogen) atoms. The van der Waals surface area contributed by atoms with Crippen molar-refractivity contribution in [2.45, 2.75) is 18.9 Å². The Morgan fingerprint density at radius 3 is 2.95 bits per heavy atom. The van der Waals surface area contributed by atoms with Gasteiger partial charge in [0.15, 0.2) is 0 Å². The molecule has 5 nitrogen and oxygen atoms in total. The summed E-state index contributed by atoms with van der Waals surface area (Å²) in [7, 11) is -0.819. The molecule has 1 amide bonds. The van der Waals surface area contributed by atoms with Crippen LogP contribution < -0.4 is 11.1 Å². The standard InChI is InChI=1S/C15H21N3O2S/c1-21(20)8-4-7-17-15(19)13(16)9-11-10-18-14-6-3-2-5-12(11)14/h2-3,5-6,10,13,18H,4,7-9,16H2,1H3,(H,17,19)/t13-,21?/m1/s1. The maximum atomic E-state index is 11.9. The van der Waals surface area contributed by atoms with E-state index in [-0.39, 0.29) is 5.91 Å². The topological polar surface area (TPSA) is 88.0 Å². The van der Waals surface area contributed by atoms with Gasteiger partial charge < -0.3 is 16.0 Å². The van der Waals surface area contributed by atoms with Crippen molar-refractivity contribution in [1.82, 2.24) is 10.3 Å². The van der Waals surface area contributed by atoms with E-state index in [1.165, 1.54) is 0 Å². The average Bonchev–Trinajstić information content (AvgIpc) is 2.86. The number of nitrogens with one attached hydrogen (secondary N) is 2. The van der Waals surface area contributed by atoms with Gasteiger partial charge in [0, 0.05) is 46.5 Å². The Kier molecular flexibility index (Phi) is 5.52. The van der Waals surface area contributed by atoms with Crippen LogP contribution in [0.1, 0.15) is 12.0 Å². The summed E-state index contributed by atoms with van der Waals surface area (Å²) in [6.45, 7) is 0.514. The molecule has 114 valence electrons. The first-order valence-electron chi connectivity index (χ1n) is 6.96. The Morgan fingerprint density at radius 1 is 1.43 bits per heavy atom. The molecule has 2 atom stereocenters. The zero-order valence-electron chi connectivity index (χ0n) is 12.1. The highest BCUT2D eigenvalue weighted by atomic mass is 32.2. The van der Waals surface area contributed by atoms with Crippen LogP contribution >= 0.6 is 0 Å². The van der Waals surface area contributed by atoms with E-state index in [1.807, 2.05) is 30.5 Å². The van der Waals surface area contributed by atoms with Crippen molar-refractivity contribution in [2.24, 2.45) is 5.73 Å². The molecule has 1 aromatic heterocycles. The number of fused-ring (bicyclic) bond motifs is 1. The third-order valence-corrected chi connectivity index (χ3v) is 4.22. The molecule has 1 unspecified atom stereocenters. The summed E-state index contributed by atoms with van der Waals surface area (Å²) in [5, 5.41) is 3.89. The van der Waals surface area contributed by atoms with Crippen LogP contribution in [0.15, 0.2) is 30.5 Å². The second kappa shape index (κ2) is 7.38. The van der Waals surface area contributed by atoms with E-state index in [2.05, 4.69) is 10.3 Å². The number of amides is 1. The van der Waals surface area contributed by atoms with Crippen molar-refractivity contribution in [3.8, 4) is 0 Å². The second-order valence-corrected chi connectivity index (χ2v) is 6.65. The van der Waals surface area contributed by atoms with Gasteiger partial charge in [0.1, 0.15) is 0 Å². The molecule has 0 aliphatic carbocycles. The summed E-state index contributed by atoms with van der Waals surface area (Å²) in [5.41, 5.74) is 8.05. The number of benzene rings is 1. The molecular formula is C15H21N3O2S. The SMILES string of the molecule is CS(=O)CCCNC(=O)[C@H](N)Cc1c[nH]c2ccccc12.